The van der Waals surface area contributed by atoms with Crippen LogP contribution in [0.4, 0.5) is 4.39 Å². The van der Waals surface area contributed by atoms with E-state index in [-0.39, 0.29) is 5.82 Å². The largest absolute Gasteiger partial charge is 0.490 e. The molecule has 1 atom stereocenters. The number of nitrogens with zero attached hydrogens (tertiary/aromatic N) is 1. The Labute approximate surface area is 123 Å². The number of rotatable bonds is 6. The van der Waals surface area contributed by atoms with Gasteiger partial charge in [-0.3, -0.25) is 4.98 Å². The fraction of sp³-hybridized carbons (Fsp3) is 0.312. The molecular weight excluding hydrogens is 271 g/mol. The van der Waals surface area contributed by atoms with E-state index in [4.69, 9.17) is 15.2 Å². The van der Waals surface area contributed by atoms with Crippen LogP contribution in [0.5, 0.6) is 11.5 Å². The van der Waals surface area contributed by atoms with Crippen molar-refractivity contribution < 1.29 is 13.9 Å². The van der Waals surface area contributed by atoms with Gasteiger partial charge in [0.15, 0.2) is 11.5 Å². The zero-order chi connectivity index (χ0) is 15.2. The second-order valence-corrected chi connectivity index (χ2v) is 4.45. The van der Waals surface area contributed by atoms with Crippen molar-refractivity contribution in [2.24, 2.45) is 5.73 Å². The normalized spacial score (nSPS) is 12.0. The smallest absolute Gasteiger partial charge is 0.161 e. The number of aromatic nitrogens is 1. The highest BCUT2D eigenvalue weighted by atomic mass is 19.1. The van der Waals surface area contributed by atoms with Crippen molar-refractivity contribution in [1.82, 2.24) is 4.98 Å². The van der Waals surface area contributed by atoms with Crippen LogP contribution in [-0.4, -0.2) is 18.2 Å². The van der Waals surface area contributed by atoms with Gasteiger partial charge in [-0.2, -0.15) is 0 Å². The minimum Gasteiger partial charge on any atom is -0.490 e. The molecule has 0 saturated heterocycles. The summed E-state index contributed by atoms with van der Waals surface area (Å²) in [5.41, 5.74) is 7.61. The van der Waals surface area contributed by atoms with E-state index in [1.165, 1.54) is 6.07 Å². The molecule has 1 aromatic heterocycles. The fourth-order valence-corrected chi connectivity index (χ4v) is 2.00. The molecule has 0 spiro atoms. The fourth-order valence-electron chi connectivity index (χ4n) is 2.00. The number of hydrogen-bond donors (Lipinski definition) is 1. The Morgan fingerprint density at radius 3 is 2.43 bits per heavy atom. The molecule has 21 heavy (non-hydrogen) atoms. The lowest BCUT2D eigenvalue weighted by Crippen LogP contribution is -2.14. The molecule has 1 unspecified atom stereocenters. The number of hydrogen-bond acceptors (Lipinski definition) is 4. The number of pyridine rings is 1. The quantitative estimate of drug-likeness (QED) is 0.888. The third-order valence-corrected chi connectivity index (χ3v) is 3.00. The van der Waals surface area contributed by atoms with Gasteiger partial charge in [-0.1, -0.05) is 6.07 Å². The van der Waals surface area contributed by atoms with Crippen molar-refractivity contribution in [3.63, 3.8) is 0 Å². The number of nitrogens with two attached hydrogens (primary N) is 1. The van der Waals surface area contributed by atoms with Crippen LogP contribution in [0.3, 0.4) is 0 Å². The Kier molecular flexibility index (Phi) is 5.11. The number of ether oxygens (including phenoxy) is 2. The average Bonchev–Trinajstić information content (AvgIpc) is 2.49. The van der Waals surface area contributed by atoms with Crippen LogP contribution in [0.2, 0.25) is 0 Å². The molecule has 1 heterocycles. The molecule has 0 bridgehead atoms. The van der Waals surface area contributed by atoms with Crippen molar-refractivity contribution >= 4 is 0 Å². The van der Waals surface area contributed by atoms with Crippen LogP contribution >= 0.6 is 0 Å². The molecule has 0 aliphatic carbocycles. The molecule has 0 fully saturated rings. The first-order valence-electron chi connectivity index (χ1n) is 6.92. The summed E-state index contributed by atoms with van der Waals surface area (Å²) in [7, 11) is 0. The van der Waals surface area contributed by atoms with E-state index in [9.17, 15) is 4.39 Å². The predicted octanol–water partition coefficient (Wildman–Crippen LogP) is 3.07. The lowest BCUT2D eigenvalue weighted by molar-refractivity contribution is 0.287. The Hall–Kier alpha value is -2.14. The molecule has 2 aromatic rings. The molecule has 0 aliphatic rings. The van der Waals surface area contributed by atoms with Gasteiger partial charge in [0.25, 0.3) is 0 Å². The van der Waals surface area contributed by atoms with Crippen molar-refractivity contribution in [1.29, 1.82) is 0 Å². The van der Waals surface area contributed by atoms with E-state index in [2.05, 4.69) is 4.98 Å². The third kappa shape index (κ3) is 3.70. The van der Waals surface area contributed by atoms with Gasteiger partial charge in [0, 0.05) is 0 Å². The Morgan fingerprint density at radius 1 is 1.10 bits per heavy atom. The van der Waals surface area contributed by atoms with Crippen LogP contribution in [0.1, 0.15) is 31.1 Å². The van der Waals surface area contributed by atoms with E-state index < -0.39 is 6.04 Å². The maximum absolute atomic E-state index is 12.9. The van der Waals surface area contributed by atoms with Gasteiger partial charge in [0.2, 0.25) is 0 Å². The summed E-state index contributed by atoms with van der Waals surface area (Å²) in [5, 5.41) is 0. The molecule has 2 rings (SSSR count). The van der Waals surface area contributed by atoms with E-state index in [0.29, 0.717) is 30.4 Å². The zero-order valence-electron chi connectivity index (χ0n) is 12.2. The van der Waals surface area contributed by atoms with Crippen LogP contribution in [0.25, 0.3) is 0 Å². The monoisotopic (exact) mass is 290 g/mol. The molecule has 5 heteroatoms. The standard InChI is InChI=1S/C16H19FN2O2/c1-3-20-14-8-5-11(9-15(14)21-4-2)16(18)13-7-6-12(17)10-19-13/h5-10,16H,3-4,18H2,1-2H3. The summed E-state index contributed by atoms with van der Waals surface area (Å²) < 4.78 is 24.0. The molecule has 112 valence electrons. The topological polar surface area (TPSA) is 57.4 Å². The maximum atomic E-state index is 12.9. The number of halogens is 1. The Bertz CT molecular complexity index is 587. The molecular formula is C16H19FN2O2. The van der Waals surface area contributed by atoms with Gasteiger partial charge in [-0.25, -0.2) is 4.39 Å². The highest BCUT2D eigenvalue weighted by molar-refractivity contribution is 5.45. The van der Waals surface area contributed by atoms with E-state index in [1.807, 2.05) is 32.0 Å². The summed E-state index contributed by atoms with van der Waals surface area (Å²) in [6, 6.07) is 8.01. The summed E-state index contributed by atoms with van der Waals surface area (Å²) in [4.78, 5) is 4.02. The van der Waals surface area contributed by atoms with Gasteiger partial charge in [-0.15, -0.1) is 0 Å². The molecule has 4 nitrogen and oxygen atoms in total. The molecule has 2 N–H and O–H groups in total. The first-order chi connectivity index (χ1) is 10.2. The highest BCUT2D eigenvalue weighted by Gasteiger charge is 2.14. The second kappa shape index (κ2) is 7.04. The molecule has 0 radical (unpaired) electrons. The SMILES string of the molecule is CCOc1ccc(C(N)c2ccc(F)cn2)cc1OCC. The lowest BCUT2D eigenvalue weighted by atomic mass is 10.0. The Balaban J connectivity index is 2.30. The maximum Gasteiger partial charge on any atom is 0.161 e. The van der Waals surface area contributed by atoms with Crippen LogP contribution in [-0.2, 0) is 0 Å². The zero-order valence-corrected chi connectivity index (χ0v) is 12.2. The van der Waals surface area contributed by atoms with Gasteiger partial charge < -0.3 is 15.2 Å². The van der Waals surface area contributed by atoms with Gasteiger partial charge in [0.05, 0.1) is 31.1 Å². The van der Waals surface area contributed by atoms with E-state index in [0.717, 1.165) is 11.8 Å². The van der Waals surface area contributed by atoms with Crippen LogP contribution < -0.4 is 15.2 Å². The second-order valence-electron chi connectivity index (χ2n) is 4.45. The average molecular weight is 290 g/mol. The molecule has 0 aliphatic heterocycles. The summed E-state index contributed by atoms with van der Waals surface area (Å²) in [6.45, 7) is 4.92. The first-order valence-corrected chi connectivity index (χ1v) is 6.92. The van der Waals surface area contributed by atoms with E-state index >= 15 is 0 Å². The van der Waals surface area contributed by atoms with Crippen molar-refractivity contribution in [3.05, 3.63) is 53.6 Å². The minimum atomic E-state index is -0.444. The Morgan fingerprint density at radius 2 is 1.81 bits per heavy atom. The predicted molar refractivity (Wildman–Crippen MR) is 79.0 cm³/mol. The molecule has 0 amide bonds. The van der Waals surface area contributed by atoms with Gasteiger partial charge >= 0.3 is 0 Å². The summed E-state index contributed by atoms with van der Waals surface area (Å²) in [5.74, 6) is 0.949. The van der Waals surface area contributed by atoms with Gasteiger partial charge in [0.1, 0.15) is 5.82 Å². The van der Waals surface area contributed by atoms with E-state index in [1.54, 1.807) is 6.07 Å². The van der Waals surface area contributed by atoms with Crippen LogP contribution in [0.15, 0.2) is 36.5 Å². The minimum absolute atomic E-state index is 0.382. The van der Waals surface area contributed by atoms with Crippen LogP contribution in [0, 0.1) is 5.82 Å². The highest BCUT2D eigenvalue weighted by Crippen LogP contribution is 2.31. The number of benzene rings is 1. The molecule has 0 saturated carbocycles. The summed E-state index contributed by atoms with van der Waals surface area (Å²) in [6.07, 6.45) is 1.16. The lowest BCUT2D eigenvalue weighted by Gasteiger charge is -2.16. The van der Waals surface area contributed by atoms with Crippen molar-refractivity contribution in [2.45, 2.75) is 19.9 Å². The van der Waals surface area contributed by atoms with Crippen molar-refractivity contribution in [2.75, 3.05) is 13.2 Å². The van der Waals surface area contributed by atoms with Crippen molar-refractivity contribution in [3.8, 4) is 11.5 Å². The summed E-state index contributed by atoms with van der Waals surface area (Å²) >= 11 is 0. The van der Waals surface area contributed by atoms with Gasteiger partial charge in [-0.05, 0) is 43.7 Å². The third-order valence-electron chi connectivity index (χ3n) is 3.00. The first kappa shape index (κ1) is 15.3. The molecule has 1 aromatic carbocycles.